The van der Waals surface area contributed by atoms with Crippen molar-refractivity contribution in [2.24, 2.45) is 0 Å². The van der Waals surface area contributed by atoms with Crippen molar-refractivity contribution >= 4 is 31.7 Å². The van der Waals surface area contributed by atoms with Gasteiger partial charge in [-0.1, -0.05) is 28.1 Å². The molecule has 0 unspecified atom stereocenters. The molecule has 0 saturated carbocycles. The molecule has 0 aliphatic rings. The molecule has 0 aliphatic carbocycles. The lowest BCUT2D eigenvalue weighted by Crippen LogP contribution is -2.37. The first kappa shape index (κ1) is 16.2. The highest BCUT2D eigenvalue weighted by molar-refractivity contribution is 9.10. The quantitative estimate of drug-likeness (QED) is 0.855. The Kier molecular flexibility index (Phi) is 6.00. The van der Waals surface area contributed by atoms with Gasteiger partial charge in [0.1, 0.15) is 9.84 Å². The SMILES string of the molecule is C[C@H](CS(C)(=O)=O)NC(=O)CCc1ccc(Br)cc1. The van der Waals surface area contributed by atoms with Gasteiger partial charge in [0.05, 0.1) is 5.75 Å². The number of nitrogens with one attached hydrogen (secondary N) is 1. The fourth-order valence-corrected chi connectivity index (χ4v) is 3.01. The molecule has 1 aromatic carbocycles. The zero-order chi connectivity index (χ0) is 14.5. The second-order valence-electron chi connectivity index (χ2n) is 4.69. The van der Waals surface area contributed by atoms with Crippen molar-refractivity contribution in [1.82, 2.24) is 5.32 Å². The molecule has 0 radical (unpaired) electrons. The van der Waals surface area contributed by atoms with Gasteiger partial charge in [0, 0.05) is 23.2 Å². The molecule has 4 nitrogen and oxygen atoms in total. The van der Waals surface area contributed by atoms with Crippen LogP contribution in [0.5, 0.6) is 0 Å². The summed E-state index contributed by atoms with van der Waals surface area (Å²) in [5, 5.41) is 2.69. The van der Waals surface area contributed by atoms with Gasteiger partial charge in [0.2, 0.25) is 5.91 Å². The van der Waals surface area contributed by atoms with Gasteiger partial charge in [-0.15, -0.1) is 0 Å². The smallest absolute Gasteiger partial charge is 0.220 e. The number of rotatable bonds is 6. The molecule has 0 heterocycles. The molecule has 1 atom stereocenters. The number of carbonyl (C=O) groups excluding carboxylic acids is 1. The summed E-state index contributed by atoms with van der Waals surface area (Å²) in [4.78, 5) is 11.7. The summed E-state index contributed by atoms with van der Waals surface area (Å²) >= 11 is 3.35. The van der Waals surface area contributed by atoms with Crippen LogP contribution in [0.3, 0.4) is 0 Å². The van der Waals surface area contributed by atoms with E-state index in [1.54, 1.807) is 6.92 Å². The van der Waals surface area contributed by atoms with Crippen LogP contribution in [0.2, 0.25) is 0 Å². The topological polar surface area (TPSA) is 63.2 Å². The summed E-state index contributed by atoms with van der Waals surface area (Å²) < 4.78 is 23.2. The van der Waals surface area contributed by atoms with Crippen molar-refractivity contribution in [3.63, 3.8) is 0 Å². The summed E-state index contributed by atoms with van der Waals surface area (Å²) in [6.45, 7) is 1.69. The second kappa shape index (κ2) is 7.05. The molecule has 1 amide bonds. The van der Waals surface area contributed by atoms with E-state index in [-0.39, 0.29) is 17.7 Å². The van der Waals surface area contributed by atoms with Crippen LogP contribution in [0.4, 0.5) is 0 Å². The Morgan fingerprint density at radius 2 is 1.89 bits per heavy atom. The first-order valence-corrected chi connectivity index (χ1v) is 8.83. The molecule has 6 heteroatoms. The molecule has 19 heavy (non-hydrogen) atoms. The molecule has 106 valence electrons. The van der Waals surface area contributed by atoms with E-state index in [0.29, 0.717) is 12.8 Å². The van der Waals surface area contributed by atoms with Crippen LogP contribution >= 0.6 is 15.9 Å². The van der Waals surface area contributed by atoms with E-state index < -0.39 is 9.84 Å². The molecule has 0 bridgehead atoms. The largest absolute Gasteiger partial charge is 0.353 e. The lowest BCUT2D eigenvalue weighted by Gasteiger charge is -2.12. The number of hydrogen-bond acceptors (Lipinski definition) is 3. The number of aryl methyl sites for hydroxylation is 1. The third-order valence-corrected chi connectivity index (χ3v) is 4.15. The van der Waals surface area contributed by atoms with E-state index in [1.807, 2.05) is 24.3 Å². The number of carbonyl (C=O) groups is 1. The van der Waals surface area contributed by atoms with Gasteiger partial charge < -0.3 is 5.32 Å². The van der Waals surface area contributed by atoms with Crippen LogP contribution < -0.4 is 5.32 Å². The minimum atomic E-state index is -3.06. The average Bonchev–Trinajstić information content (AvgIpc) is 2.25. The minimum absolute atomic E-state index is 0.0307. The first-order valence-electron chi connectivity index (χ1n) is 5.98. The van der Waals surface area contributed by atoms with Gasteiger partial charge in [0.25, 0.3) is 0 Å². The summed E-state index contributed by atoms with van der Waals surface area (Å²) in [5.41, 5.74) is 1.08. The maximum Gasteiger partial charge on any atom is 0.220 e. The second-order valence-corrected chi connectivity index (χ2v) is 7.79. The van der Waals surface area contributed by atoms with E-state index in [2.05, 4.69) is 21.2 Å². The molecule has 0 spiro atoms. The van der Waals surface area contributed by atoms with Gasteiger partial charge in [-0.05, 0) is 31.0 Å². The van der Waals surface area contributed by atoms with Crippen molar-refractivity contribution in [3.05, 3.63) is 34.3 Å². The Labute approximate surface area is 122 Å². The molecule has 0 fully saturated rings. The zero-order valence-corrected chi connectivity index (χ0v) is 13.4. The highest BCUT2D eigenvalue weighted by atomic mass is 79.9. The van der Waals surface area contributed by atoms with Crippen molar-refractivity contribution in [2.75, 3.05) is 12.0 Å². The number of halogens is 1. The summed E-state index contributed by atoms with van der Waals surface area (Å²) in [6, 6.07) is 7.42. The van der Waals surface area contributed by atoms with E-state index in [4.69, 9.17) is 0 Å². The van der Waals surface area contributed by atoms with Crippen molar-refractivity contribution < 1.29 is 13.2 Å². The lowest BCUT2D eigenvalue weighted by molar-refractivity contribution is -0.121. The number of amides is 1. The van der Waals surface area contributed by atoms with Gasteiger partial charge in [0.15, 0.2) is 0 Å². The lowest BCUT2D eigenvalue weighted by atomic mass is 10.1. The van der Waals surface area contributed by atoms with Crippen molar-refractivity contribution in [2.45, 2.75) is 25.8 Å². The Balaban J connectivity index is 2.37. The third-order valence-electron chi connectivity index (χ3n) is 2.51. The molecule has 1 rings (SSSR count). The van der Waals surface area contributed by atoms with Crippen molar-refractivity contribution in [3.8, 4) is 0 Å². The van der Waals surface area contributed by atoms with Crippen LogP contribution in [-0.2, 0) is 21.1 Å². The number of benzene rings is 1. The Hall–Kier alpha value is -0.880. The molecule has 0 aliphatic heterocycles. The normalized spacial score (nSPS) is 13.0. The van der Waals surface area contributed by atoms with Gasteiger partial charge in [-0.2, -0.15) is 0 Å². The summed E-state index contributed by atoms with van der Waals surface area (Å²) in [5.74, 6) is -0.157. The Bertz CT molecular complexity index is 525. The molecular weight excluding hydrogens is 330 g/mol. The van der Waals surface area contributed by atoms with Crippen LogP contribution in [0.1, 0.15) is 18.9 Å². The maximum atomic E-state index is 11.7. The molecule has 0 aromatic heterocycles. The molecule has 0 saturated heterocycles. The van der Waals surface area contributed by atoms with E-state index >= 15 is 0 Å². The zero-order valence-electron chi connectivity index (χ0n) is 11.0. The summed E-state index contributed by atoms with van der Waals surface area (Å²) in [7, 11) is -3.06. The highest BCUT2D eigenvalue weighted by Gasteiger charge is 2.12. The van der Waals surface area contributed by atoms with Crippen LogP contribution in [0.25, 0.3) is 0 Å². The highest BCUT2D eigenvalue weighted by Crippen LogP contribution is 2.11. The van der Waals surface area contributed by atoms with Crippen molar-refractivity contribution in [1.29, 1.82) is 0 Å². The van der Waals surface area contributed by atoms with E-state index in [0.717, 1.165) is 16.3 Å². The van der Waals surface area contributed by atoms with Gasteiger partial charge >= 0.3 is 0 Å². The van der Waals surface area contributed by atoms with E-state index in [1.165, 1.54) is 0 Å². The number of sulfone groups is 1. The predicted molar refractivity (Wildman–Crippen MR) is 79.8 cm³/mol. The predicted octanol–water partition coefficient (Wildman–Crippen LogP) is 1.93. The van der Waals surface area contributed by atoms with E-state index in [9.17, 15) is 13.2 Å². The van der Waals surface area contributed by atoms with Crippen LogP contribution in [-0.4, -0.2) is 32.4 Å². The number of hydrogen-bond donors (Lipinski definition) is 1. The van der Waals surface area contributed by atoms with Gasteiger partial charge in [-0.3, -0.25) is 4.79 Å². The monoisotopic (exact) mass is 347 g/mol. The van der Waals surface area contributed by atoms with Gasteiger partial charge in [-0.25, -0.2) is 8.42 Å². The standard InChI is InChI=1S/C13H18BrNO3S/c1-10(9-19(2,17)18)15-13(16)8-5-11-3-6-12(14)7-4-11/h3-4,6-7,10H,5,8-9H2,1-2H3,(H,15,16)/t10-/m1/s1. The summed E-state index contributed by atoms with van der Waals surface area (Å²) in [6.07, 6.45) is 2.16. The Morgan fingerprint density at radius 1 is 1.32 bits per heavy atom. The molecule has 1 aromatic rings. The van der Waals surface area contributed by atoms with Crippen LogP contribution in [0.15, 0.2) is 28.7 Å². The first-order chi connectivity index (χ1) is 8.76. The molecule has 1 N–H and O–H groups in total. The molecular formula is C13H18BrNO3S. The fraction of sp³-hybridized carbons (Fsp3) is 0.462. The maximum absolute atomic E-state index is 11.7. The fourth-order valence-electron chi connectivity index (χ4n) is 1.75. The van der Waals surface area contributed by atoms with Crippen LogP contribution in [0, 0.1) is 0 Å². The average molecular weight is 348 g/mol. The minimum Gasteiger partial charge on any atom is -0.353 e. The Morgan fingerprint density at radius 3 is 2.42 bits per heavy atom. The third kappa shape index (κ3) is 7.32.